The number of methoxy groups -OCH3 is 1. The number of ether oxygens (including phenoxy) is 1. The number of alkyl halides is 3. The SMILES string of the molecule is COc1cn(-c2cccc(C(F)(F)F)c2)nc1C(=O)NCc1cn2ccc(C)cc2n1. The first kappa shape index (κ1) is 20.5. The lowest BCUT2D eigenvalue weighted by Gasteiger charge is -2.08. The minimum Gasteiger partial charge on any atom is -0.493 e. The van der Waals surface area contributed by atoms with E-state index in [-0.39, 0.29) is 23.7 Å². The highest BCUT2D eigenvalue weighted by Gasteiger charge is 2.30. The van der Waals surface area contributed by atoms with Crippen LogP contribution in [-0.4, -0.2) is 32.2 Å². The fourth-order valence-corrected chi connectivity index (χ4v) is 3.10. The molecule has 4 rings (SSSR count). The van der Waals surface area contributed by atoms with E-state index >= 15 is 0 Å². The van der Waals surface area contributed by atoms with Crippen LogP contribution in [0.15, 0.2) is 55.0 Å². The van der Waals surface area contributed by atoms with Gasteiger partial charge in [-0.05, 0) is 42.8 Å². The number of aromatic nitrogens is 4. The van der Waals surface area contributed by atoms with Crippen LogP contribution in [0.2, 0.25) is 0 Å². The first-order valence-corrected chi connectivity index (χ1v) is 9.28. The smallest absolute Gasteiger partial charge is 0.416 e. The molecule has 0 aliphatic heterocycles. The topological polar surface area (TPSA) is 73.5 Å². The minimum atomic E-state index is -4.49. The molecule has 0 saturated carbocycles. The van der Waals surface area contributed by atoms with Crippen molar-refractivity contribution < 1.29 is 22.7 Å². The molecule has 0 bridgehead atoms. The number of nitrogens with one attached hydrogen (secondary N) is 1. The number of imidazole rings is 1. The number of fused-ring (bicyclic) bond motifs is 1. The summed E-state index contributed by atoms with van der Waals surface area (Å²) in [7, 11) is 1.36. The molecule has 1 amide bonds. The second-order valence-corrected chi connectivity index (χ2v) is 6.92. The number of carbonyl (C=O) groups excluding carboxylic acids is 1. The van der Waals surface area contributed by atoms with Gasteiger partial charge in [0.05, 0.1) is 36.8 Å². The third-order valence-corrected chi connectivity index (χ3v) is 4.65. The van der Waals surface area contributed by atoms with Crippen LogP contribution in [0.4, 0.5) is 13.2 Å². The van der Waals surface area contributed by atoms with E-state index in [0.29, 0.717) is 5.69 Å². The molecule has 0 aliphatic carbocycles. The number of aryl methyl sites for hydroxylation is 1. The van der Waals surface area contributed by atoms with Gasteiger partial charge in [0.2, 0.25) is 0 Å². The molecule has 1 aromatic carbocycles. The molecule has 4 aromatic rings. The molecule has 7 nitrogen and oxygen atoms in total. The molecule has 0 spiro atoms. The van der Waals surface area contributed by atoms with Gasteiger partial charge < -0.3 is 14.5 Å². The summed E-state index contributed by atoms with van der Waals surface area (Å²) in [6.45, 7) is 2.11. The monoisotopic (exact) mass is 429 g/mol. The summed E-state index contributed by atoms with van der Waals surface area (Å²) in [5.74, 6) is -0.392. The van der Waals surface area contributed by atoms with Crippen molar-refractivity contribution in [1.29, 1.82) is 0 Å². The summed E-state index contributed by atoms with van der Waals surface area (Å²) < 4.78 is 47.2. The van der Waals surface area contributed by atoms with Gasteiger partial charge in [0.25, 0.3) is 5.91 Å². The van der Waals surface area contributed by atoms with Gasteiger partial charge in [0, 0.05) is 12.4 Å². The van der Waals surface area contributed by atoms with Gasteiger partial charge in [-0.15, -0.1) is 0 Å². The number of rotatable bonds is 5. The fourth-order valence-electron chi connectivity index (χ4n) is 3.10. The Kier molecular flexibility index (Phi) is 5.14. The maximum atomic E-state index is 13.0. The molecule has 1 N–H and O–H groups in total. The number of hydrogen-bond donors (Lipinski definition) is 1. The van der Waals surface area contributed by atoms with Gasteiger partial charge >= 0.3 is 6.18 Å². The number of hydrogen-bond acceptors (Lipinski definition) is 4. The number of benzene rings is 1. The Labute approximate surface area is 175 Å². The van der Waals surface area contributed by atoms with Crippen molar-refractivity contribution in [3.05, 3.63) is 77.5 Å². The lowest BCUT2D eigenvalue weighted by Crippen LogP contribution is -2.24. The van der Waals surface area contributed by atoms with E-state index in [9.17, 15) is 18.0 Å². The molecule has 10 heteroatoms. The van der Waals surface area contributed by atoms with Crippen molar-refractivity contribution in [2.24, 2.45) is 0 Å². The summed E-state index contributed by atoms with van der Waals surface area (Å²) in [4.78, 5) is 17.1. The minimum absolute atomic E-state index is 0.0421. The normalized spacial score (nSPS) is 11.6. The van der Waals surface area contributed by atoms with Crippen molar-refractivity contribution in [3.8, 4) is 11.4 Å². The average Bonchev–Trinajstić information content (AvgIpc) is 3.35. The molecule has 0 radical (unpaired) electrons. The molecule has 0 fully saturated rings. The Morgan fingerprint density at radius 2 is 2.00 bits per heavy atom. The second kappa shape index (κ2) is 7.78. The second-order valence-electron chi connectivity index (χ2n) is 6.92. The third-order valence-electron chi connectivity index (χ3n) is 4.65. The van der Waals surface area contributed by atoms with Crippen LogP contribution >= 0.6 is 0 Å². The van der Waals surface area contributed by atoms with Crippen LogP contribution in [-0.2, 0) is 12.7 Å². The molecule has 0 unspecified atom stereocenters. The number of amides is 1. The summed E-state index contributed by atoms with van der Waals surface area (Å²) in [6, 6.07) is 8.52. The zero-order valence-corrected chi connectivity index (χ0v) is 16.6. The van der Waals surface area contributed by atoms with Crippen molar-refractivity contribution in [3.63, 3.8) is 0 Å². The highest BCUT2D eigenvalue weighted by Crippen LogP contribution is 2.30. The van der Waals surface area contributed by atoms with Crippen molar-refractivity contribution in [1.82, 2.24) is 24.5 Å². The van der Waals surface area contributed by atoms with Gasteiger partial charge in [-0.25, -0.2) is 9.67 Å². The van der Waals surface area contributed by atoms with Gasteiger partial charge in [-0.3, -0.25) is 4.79 Å². The van der Waals surface area contributed by atoms with Crippen LogP contribution in [0.5, 0.6) is 5.75 Å². The van der Waals surface area contributed by atoms with E-state index in [1.807, 2.05) is 29.7 Å². The molecule has 0 saturated heterocycles. The molecule has 0 atom stereocenters. The number of pyridine rings is 1. The van der Waals surface area contributed by atoms with Crippen molar-refractivity contribution in [2.75, 3.05) is 7.11 Å². The Morgan fingerprint density at radius 1 is 1.19 bits per heavy atom. The third kappa shape index (κ3) is 4.23. The van der Waals surface area contributed by atoms with Gasteiger partial charge in [-0.1, -0.05) is 6.07 Å². The predicted molar refractivity (Wildman–Crippen MR) is 106 cm³/mol. The summed E-state index contributed by atoms with van der Waals surface area (Å²) in [5.41, 5.74) is 1.78. The number of carbonyl (C=O) groups is 1. The maximum absolute atomic E-state index is 13.0. The van der Waals surface area contributed by atoms with Crippen LogP contribution in [0, 0.1) is 6.92 Å². The van der Waals surface area contributed by atoms with Crippen LogP contribution < -0.4 is 10.1 Å². The van der Waals surface area contributed by atoms with Crippen LogP contribution in [0.3, 0.4) is 0 Å². The fraction of sp³-hybridized carbons (Fsp3) is 0.190. The Balaban J connectivity index is 1.55. The highest BCUT2D eigenvalue weighted by molar-refractivity contribution is 5.94. The Morgan fingerprint density at radius 3 is 2.74 bits per heavy atom. The highest BCUT2D eigenvalue weighted by atomic mass is 19.4. The zero-order valence-electron chi connectivity index (χ0n) is 16.6. The lowest BCUT2D eigenvalue weighted by atomic mass is 10.2. The van der Waals surface area contributed by atoms with E-state index in [4.69, 9.17) is 4.74 Å². The van der Waals surface area contributed by atoms with E-state index < -0.39 is 17.6 Å². The Hall–Kier alpha value is -3.82. The van der Waals surface area contributed by atoms with E-state index in [1.54, 1.807) is 6.20 Å². The van der Waals surface area contributed by atoms with Gasteiger partial charge in [0.1, 0.15) is 5.65 Å². The van der Waals surface area contributed by atoms with Gasteiger partial charge in [0.15, 0.2) is 11.4 Å². The molecule has 3 heterocycles. The van der Waals surface area contributed by atoms with E-state index in [1.165, 1.54) is 30.1 Å². The molecule has 3 aromatic heterocycles. The number of nitrogens with zero attached hydrogens (tertiary/aromatic N) is 4. The number of halogens is 3. The zero-order chi connectivity index (χ0) is 22.2. The van der Waals surface area contributed by atoms with Gasteiger partial charge in [-0.2, -0.15) is 18.3 Å². The molecule has 0 aliphatic rings. The summed E-state index contributed by atoms with van der Waals surface area (Å²) >= 11 is 0. The summed E-state index contributed by atoms with van der Waals surface area (Å²) in [5, 5.41) is 6.84. The molecular formula is C21H18F3N5O2. The largest absolute Gasteiger partial charge is 0.493 e. The van der Waals surface area contributed by atoms with Crippen LogP contribution in [0.1, 0.15) is 27.3 Å². The average molecular weight is 429 g/mol. The maximum Gasteiger partial charge on any atom is 0.416 e. The van der Waals surface area contributed by atoms with Crippen molar-refractivity contribution >= 4 is 11.6 Å². The Bertz CT molecular complexity index is 1260. The van der Waals surface area contributed by atoms with Crippen molar-refractivity contribution in [2.45, 2.75) is 19.6 Å². The lowest BCUT2D eigenvalue weighted by molar-refractivity contribution is -0.137. The molecule has 31 heavy (non-hydrogen) atoms. The molecule has 160 valence electrons. The predicted octanol–water partition coefficient (Wildman–Crippen LogP) is 3.79. The van der Waals surface area contributed by atoms with Crippen LogP contribution in [0.25, 0.3) is 11.3 Å². The van der Waals surface area contributed by atoms with E-state index in [2.05, 4.69) is 15.4 Å². The summed E-state index contributed by atoms with van der Waals surface area (Å²) in [6.07, 6.45) is 0.550. The standard InChI is InChI=1S/C21H18F3N5O2/c1-13-6-7-28-11-15(26-18(28)8-13)10-25-20(30)19-17(31-2)12-29(27-19)16-5-3-4-14(9-16)21(22,23)24/h3-9,11-12H,10H2,1-2H3,(H,25,30). The first-order chi connectivity index (χ1) is 14.7. The van der Waals surface area contributed by atoms with E-state index in [0.717, 1.165) is 23.3 Å². The molecular weight excluding hydrogens is 411 g/mol. The first-order valence-electron chi connectivity index (χ1n) is 9.28. The quantitative estimate of drug-likeness (QED) is 0.524.